The van der Waals surface area contributed by atoms with Crippen LogP contribution in [0.2, 0.25) is 0 Å². The van der Waals surface area contributed by atoms with E-state index in [1.165, 1.54) is 5.56 Å². The van der Waals surface area contributed by atoms with E-state index >= 15 is 0 Å². The van der Waals surface area contributed by atoms with Crippen LogP contribution in [0.3, 0.4) is 0 Å². The fraction of sp³-hybridized carbons (Fsp3) is 0.588. The van der Waals surface area contributed by atoms with E-state index in [1.54, 1.807) is 0 Å². The summed E-state index contributed by atoms with van der Waals surface area (Å²) in [6.07, 6.45) is 0.351. The van der Waals surface area contributed by atoms with Crippen molar-refractivity contribution in [2.24, 2.45) is 5.73 Å². The minimum atomic E-state index is -0.110. The van der Waals surface area contributed by atoms with Gasteiger partial charge in [0.2, 0.25) is 5.91 Å². The van der Waals surface area contributed by atoms with Gasteiger partial charge in [0.25, 0.3) is 0 Å². The zero-order valence-electron chi connectivity index (χ0n) is 13.7. The summed E-state index contributed by atoms with van der Waals surface area (Å²) in [5, 5.41) is 2.88. The molecule has 1 aromatic rings. The van der Waals surface area contributed by atoms with Crippen LogP contribution in [0.5, 0.6) is 0 Å². The van der Waals surface area contributed by atoms with Crippen LogP contribution in [0, 0.1) is 0 Å². The zero-order valence-corrected chi connectivity index (χ0v) is 13.7. The van der Waals surface area contributed by atoms with Crippen molar-refractivity contribution in [1.29, 1.82) is 0 Å². The number of amides is 1. The molecule has 1 heterocycles. The number of nitrogens with two attached hydrogens (primary N) is 1. The Morgan fingerprint density at radius 1 is 1.18 bits per heavy atom. The molecular formula is C17H28N4O. The van der Waals surface area contributed by atoms with Gasteiger partial charge in [0.15, 0.2) is 0 Å². The van der Waals surface area contributed by atoms with Crippen molar-refractivity contribution in [2.75, 3.05) is 38.0 Å². The normalized spacial score (nSPS) is 18.1. The number of benzene rings is 1. The highest BCUT2D eigenvalue weighted by molar-refractivity contribution is 5.91. The minimum Gasteiger partial charge on any atom is -0.327 e. The molecule has 1 aromatic carbocycles. The van der Waals surface area contributed by atoms with Gasteiger partial charge < -0.3 is 16.0 Å². The molecule has 1 fully saturated rings. The van der Waals surface area contributed by atoms with Gasteiger partial charge in [0, 0.05) is 50.9 Å². The second kappa shape index (κ2) is 8.27. The Balaban J connectivity index is 1.81. The summed E-state index contributed by atoms with van der Waals surface area (Å²) in [5.41, 5.74) is 7.75. The first-order chi connectivity index (χ1) is 10.6. The Bertz CT molecular complexity index is 464. The van der Waals surface area contributed by atoms with Crippen LogP contribution < -0.4 is 11.1 Å². The van der Waals surface area contributed by atoms with Gasteiger partial charge in [0.1, 0.15) is 0 Å². The van der Waals surface area contributed by atoms with Crippen LogP contribution in [0.15, 0.2) is 24.3 Å². The molecule has 0 aliphatic carbocycles. The molecule has 0 bridgehead atoms. The number of carbonyl (C=O) groups is 1. The van der Waals surface area contributed by atoms with Gasteiger partial charge in [-0.2, -0.15) is 0 Å². The van der Waals surface area contributed by atoms with Crippen molar-refractivity contribution in [3.63, 3.8) is 0 Å². The average molecular weight is 304 g/mol. The van der Waals surface area contributed by atoms with Crippen molar-refractivity contribution in [3.8, 4) is 0 Å². The zero-order chi connectivity index (χ0) is 15.9. The van der Waals surface area contributed by atoms with Gasteiger partial charge in [-0.1, -0.05) is 19.1 Å². The third-order valence-corrected chi connectivity index (χ3v) is 4.06. The van der Waals surface area contributed by atoms with Crippen molar-refractivity contribution in [3.05, 3.63) is 29.8 Å². The Hall–Kier alpha value is -1.43. The monoisotopic (exact) mass is 304 g/mol. The Morgan fingerprint density at radius 2 is 1.77 bits per heavy atom. The van der Waals surface area contributed by atoms with Gasteiger partial charge in [-0.3, -0.25) is 9.69 Å². The summed E-state index contributed by atoms with van der Waals surface area (Å²) >= 11 is 0. The molecule has 3 N–H and O–H groups in total. The standard InChI is InChI=1S/C17H28N4O/c1-3-20-8-10-21(11-9-20)13-15-4-6-16(7-5-15)19-17(22)12-14(2)18/h4-7,14H,3,8-13,18H2,1-2H3,(H,19,22). The van der Waals surface area contributed by atoms with Crippen LogP contribution in [0.4, 0.5) is 5.69 Å². The lowest BCUT2D eigenvalue weighted by atomic mass is 10.1. The Kier molecular flexibility index (Phi) is 6.36. The quantitative estimate of drug-likeness (QED) is 0.836. The maximum absolute atomic E-state index is 11.7. The molecule has 1 aliphatic rings. The summed E-state index contributed by atoms with van der Waals surface area (Å²) in [6, 6.07) is 8.01. The van der Waals surface area contributed by atoms with E-state index in [0.717, 1.165) is 45.0 Å². The number of anilines is 1. The molecule has 1 aliphatic heterocycles. The van der Waals surface area contributed by atoms with Gasteiger partial charge >= 0.3 is 0 Å². The van der Waals surface area contributed by atoms with Gasteiger partial charge in [-0.25, -0.2) is 0 Å². The molecule has 0 radical (unpaired) electrons. The lowest BCUT2D eigenvalue weighted by Gasteiger charge is -2.34. The van der Waals surface area contributed by atoms with Crippen molar-refractivity contribution >= 4 is 11.6 Å². The summed E-state index contributed by atoms with van der Waals surface area (Å²) in [5.74, 6) is -0.0292. The molecule has 22 heavy (non-hydrogen) atoms. The van der Waals surface area contributed by atoms with Crippen LogP contribution >= 0.6 is 0 Å². The molecule has 5 heteroatoms. The largest absolute Gasteiger partial charge is 0.327 e. The first-order valence-corrected chi connectivity index (χ1v) is 8.16. The maximum Gasteiger partial charge on any atom is 0.225 e. The molecule has 122 valence electrons. The number of hydrogen-bond acceptors (Lipinski definition) is 4. The highest BCUT2D eigenvalue weighted by Crippen LogP contribution is 2.13. The van der Waals surface area contributed by atoms with Gasteiger partial charge in [-0.05, 0) is 31.2 Å². The van der Waals surface area contributed by atoms with E-state index in [0.29, 0.717) is 6.42 Å². The van der Waals surface area contributed by atoms with E-state index < -0.39 is 0 Å². The number of nitrogens with zero attached hydrogens (tertiary/aromatic N) is 2. The van der Waals surface area contributed by atoms with E-state index in [1.807, 2.05) is 19.1 Å². The third-order valence-electron chi connectivity index (χ3n) is 4.06. The number of carbonyl (C=O) groups excluding carboxylic acids is 1. The Morgan fingerprint density at radius 3 is 2.32 bits per heavy atom. The van der Waals surface area contributed by atoms with Crippen molar-refractivity contribution in [2.45, 2.75) is 32.9 Å². The molecule has 1 saturated heterocycles. The summed E-state index contributed by atoms with van der Waals surface area (Å²) in [6.45, 7) is 10.7. The molecule has 5 nitrogen and oxygen atoms in total. The summed E-state index contributed by atoms with van der Waals surface area (Å²) in [4.78, 5) is 16.6. The number of hydrogen-bond donors (Lipinski definition) is 2. The number of piperazine rings is 1. The molecular weight excluding hydrogens is 276 g/mol. The van der Waals surface area contributed by atoms with E-state index in [-0.39, 0.29) is 11.9 Å². The second-order valence-corrected chi connectivity index (χ2v) is 6.14. The summed E-state index contributed by atoms with van der Waals surface area (Å²) in [7, 11) is 0. The van der Waals surface area contributed by atoms with Crippen LogP contribution in [0.1, 0.15) is 25.8 Å². The van der Waals surface area contributed by atoms with Gasteiger partial charge in [-0.15, -0.1) is 0 Å². The molecule has 1 amide bonds. The smallest absolute Gasteiger partial charge is 0.225 e. The lowest BCUT2D eigenvalue weighted by Crippen LogP contribution is -2.45. The predicted molar refractivity (Wildman–Crippen MR) is 90.7 cm³/mol. The fourth-order valence-electron chi connectivity index (χ4n) is 2.72. The predicted octanol–water partition coefficient (Wildman–Crippen LogP) is 1.50. The van der Waals surface area contributed by atoms with E-state index in [4.69, 9.17) is 5.73 Å². The topological polar surface area (TPSA) is 61.6 Å². The second-order valence-electron chi connectivity index (χ2n) is 6.14. The third kappa shape index (κ3) is 5.40. The highest BCUT2D eigenvalue weighted by atomic mass is 16.1. The van der Waals surface area contributed by atoms with Crippen LogP contribution in [0.25, 0.3) is 0 Å². The molecule has 0 aromatic heterocycles. The van der Waals surface area contributed by atoms with Crippen molar-refractivity contribution in [1.82, 2.24) is 9.80 Å². The SMILES string of the molecule is CCN1CCN(Cc2ccc(NC(=O)CC(C)N)cc2)CC1. The molecule has 2 rings (SSSR count). The van der Waals surface area contributed by atoms with E-state index in [2.05, 4.69) is 34.2 Å². The number of rotatable bonds is 6. The molecule has 1 atom stereocenters. The first-order valence-electron chi connectivity index (χ1n) is 8.16. The van der Waals surface area contributed by atoms with Gasteiger partial charge in [0.05, 0.1) is 0 Å². The fourth-order valence-corrected chi connectivity index (χ4v) is 2.72. The first kappa shape index (κ1) is 16.9. The maximum atomic E-state index is 11.7. The average Bonchev–Trinajstić information content (AvgIpc) is 2.49. The molecule has 0 saturated carbocycles. The van der Waals surface area contributed by atoms with Crippen LogP contribution in [-0.2, 0) is 11.3 Å². The van der Waals surface area contributed by atoms with Crippen LogP contribution in [-0.4, -0.2) is 54.5 Å². The summed E-state index contributed by atoms with van der Waals surface area (Å²) < 4.78 is 0. The molecule has 0 spiro atoms. The lowest BCUT2D eigenvalue weighted by molar-refractivity contribution is -0.116. The number of likely N-dealkylation sites (N-methyl/N-ethyl adjacent to an activating group) is 1. The Labute approximate surface area is 133 Å². The molecule has 1 unspecified atom stereocenters. The highest BCUT2D eigenvalue weighted by Gasteiger charge is 2.15. The number of nitrogens with one attached hydrogen (secondary N) is 1. The minimum absolute atomic E-state index is 0.0292. The van der Waals surface area contributed by atoms with E-state index in [9.17, 15) is 4.79 Å². The van der Waals surface area contributed by atoms with Crippen molar-refractivity contribution < 1.29 is 4.79 Å².